The minimum atomic E-state index is 0.0881. The summed E-state index contributed by atoms with van der Waals surface area (Å²) in [6.45, 7) is 6.37. The number of benzene rings is 1. The minimum absolute atomic E-state index is 0.0881. The fourth-order valence-corrected chi connectivity index (χ4v) is 1.70. The molecular weight excluding hydrogens is 168 g/mol. The second kappa shape index (κ2) is 3.02. The predicted molar refractivity (Wildman–Crippen MR) is 54.1 cm³/mol. The van der Waals surface area contributed by atoms with Gasteiger partial charge in [-0.05, 0) is 23.1 Å². The maximum absolute atomic E-state index is 9.15. The van der Waals surface area contributed by atoms with Crippen LogP contribution in [0.5, 0.6) is 5.75 Å². The van der Waals surface area contributed by atoms with E-state index in [-0.39, 0.29) is 11.2 Å². The third-order valence-corrected chi connectivity index (χ3v) is 2.16. The van der Waals surface area contributed by atoms with Crippen LogP contribution >= 0.6 is 12.6 Å². The Bertz CT molecular complexity index is 286. The van der Waals surface area contributed by atoms with E-state index >= 15 is 0 Å². The molecule has 0 aliphatic carbocycles. The Morgan fingerprint density at radius 2 is 1.83 bits per heavy atom. The predicted octanol–water partition coefficient (Wildman–Crippen LogP) is 2.98. The first kappa shape index (κ1) is 9.46. The Balaban J connectivity index is 3.19. The van der Waals surface area contributed by atoms with Crippen molar-refractivity contribution in [3.63, 3.8) is 0 Å². The molecular formula is C10H14OS. The molecule has 0 atom stereocenters. The number of hydrogen-bond acceptors (Lipinski definition) is 2. The van der Waals surface area contributed by atoms with Crippen molar-refractivity contribution in [2.75, 3.05) is 0 Å². The van der Waals surface area contributed by atoms with Gasteiger partial charge in [0.15, 0.2) is 0 Å². The fraction of sp³-hybridized carbons (Fsp3) is 0.400. The highest BCUT2D eigenvalue weighted by Gasteiger charge is 2.16. The zero-order valence-electron chi connectivity index (χ0n) is 7.63. The van der Waals surface area contributed by atoms with Gasteiger partial charge in [-0.2, -0.15) is 0 Å². The largest absolute Gasteiger partial charge is 0.508 e. The van der Waals surface area contributed by atoms with Crippen LogP contribution in [0.3, 0.4) is 0 Å². The van der Waals surface area contributed by atoms with Crippen LogP contribution in [0.1, 0.15) is 26.3 Å². The molecule has 0 heterocycles. The molecule has 0 spiro atoms. The summed E-state index contributed by atoms with van der Waals surface area (Å²) < 4.78 is 0. The van der Waals surface area contributed by atoms with Crippen LogP contribution in [-0.4, -0.2) is 5.11 Å². The molecule has 0 fully saturated rings. The normalized spacial score (nSPS) is 11.7. The van der Waals surface area contributed by atoms with E-state index in [1.54, 1.807) is 12.1 Å². The van der Waals surface area contributed by atoms with Crippen molar-refractivity contribution in [1.82, 2.24) is 0 Å². The van der Waals surface area contributed by atoms with Crippen molar-refractivity contribution in [2.24, 2.45) is 0 Å². The third kappa shape index (κ3) is 1.95. The van der Waals surface area contributed by atoms with Gasteiger partial charge in [-0.25, -0.2) is 0 Å². The highest BCUT2D eigenvalue weighted by atomic mass is 32.1. The first-order valence-corrected chi connectivity index (χ1v) is 4.38. The lowest BCUT2D eigenvalue weighted by molar-refractivity contribution is 0.471. The molecule has 0 saturated carbocycles. The van der Waals surface area contributed by atoms with Crippen LogP contribution in [-0.2, 0) is 5.41 Å². The van der Waals surface area contributed by atoms with Crippen molar-refractivity contribution in [1.29, 1.82) is 0 Å². The van der Waals surface area contributed by atoms with Crippen LogP contribution in [0, 0.1) is 0 Å². The van der Waals surface area contributed by atoms with Crippen LogP contribution in [0.15, 0.2) is 23.1 Å². The number of phenolic OH excluding ortho intramolecular Hbond substituents is 1. The number of aromatic hydroxyl groups is 1. The van der Waals surface area contributed by atoms with Gasteiger partial charge in [0.1, 0.15) is 5.75 Å². The topological polar surface area (TPSA) is 20.2 Å². The van der Waals surface area contributed by atoms with Gasteiger partial charge in [-0.1, -0.05) is 26.8 Å². The lowest BCUT2D eigenvalue weighted by atomic mass is 9.87. The summed E-state index contributed by atoms with van der Waals surface area (Å²) in [5.74, 6) is 0.271. The molecule has 1 N–H and O–H groups in total. The van der Waals surface area contributed by atoms with Gasteiger partial charge in [0, 0.05) is 4.90 Å². The maximum atomic E-state index is 9.15. The average Bonchev–Trinajstić information content (AvgIpc) is 1.83. The summed E-state index contributed by atoms with van der Waals surface area (Å²) in [5.41, 5.74) is 1.24. The molecule has 0 aliphatic heterocycles. The van der Waals surface area contributed by atoms with E-state index in [4.69, 9.17) is 5.11 Å². The van der Waals surface area contributed by atoms with Crippen molar-refractivity contribution >= 4 is 12.6 Å². The summed E-state index contributed by atoms with van der Waals surface area (Å²) >= 11 is 4.30. The number of rotatable bonds is 0. The number of thiol groups is 1. The molecule has 12 heavy (non-hydrogen) atoms. The molecule has 0 bridgehead atoms. The van der Waals surface area contributed by atoms with Gasteiger partial charge < -0.3 is 5.11 Å². The molecule has 1 aromatic carbocycles. The molecule has 2 heteroatoms. The number of hydrogen-bond donors (Lipinski definition) is 2. The summed E-state index contributed by atoms with van der Waals surface area (Å²) in [6.07, 6.45) is 0. The molecule has 0 aliphatic rings. The van der Waals surface area contributed by atoms with E-state index in [1.807, 2.05) is 6.07 Å². The van der Waals surface area contributed by atoms with Crippen molar-refractivity contribution in [3.05, 3.63) is 23.8 Å². The Hall–Kier alpha value is -0.630. The lowest BCUT2D eigenvalue weighted by Crippen LogP contribution is -2.11. The molecule has 1 aromatic rings. The summed E-state index contributed by atoms with van der Waals surface area (Å²) in [4.78, 5) is 0.850. The zero-order valence-corrected chi connectivity index (χ0v) is 8.52. The van der Waals surface area contributed by atoms with Gasteiger partial charge >= 0.3 is 0 Å². The van der Waals surface area contributed by atoms with Crippen LogP contribution in [0.2, 0.25) is 0 Å². The summed E-state index contributed by atoms with van der Waals surface area (Å²) in [7, 11) is 0. The van der Waals surface area contributed by atoms with Crippen molar-refractivity contribution in [3.8, 4) is 5.75 Å². The molecule has 0 radical (unpaired) electrons. The summed E-state index contributed by atoms with van der Waals surface area (Å²) in [5, 5.41) is 9.15. The van der Waals surface area contributed by atoms with Gasteiger partial charge in [-0.15, -0.1) is 12.6 Å². The van der Waals surface area contributed by atoms with Gasteiger partial charge in [0.25, 0.3) is 0 Å². The smallest absolute Gasteiger partial charge is 0.116 e. The second-order valence-electron chi connectivity index (χ2n) is 3.95. The molecule has 0 saturated heterocycles. The summed E-state index contributed by atoms with van der Waals surface area (Å²) in [6, 6.07) is 5.28. The maximum Gasteiger partial charge on any atom is 0.116 e. The van der Waals surface area contributed by atoms with Crippen molar-refractivity contribution in [2.45, 2.75) is 31.1 Å². The van der Waals surface area contributed by atoms with Gasteiger partial charge in [0.2, 0.25) is 0 Å². The Labute approximate surface area is 78.8 Å². The SMILES string of the molecule is CC(C)(C)c1ccc(O)cc1S. The van der Waals surface area contributed by atoms with E-state index in [0.29, 0.717) is 0 Å². The zero-order chi connectivity index (χ0) is 9.35. The van der Waals surface area contributed by atoms with Crippen molar-refractivity contribution < 1.29 is 5.11 Å². The first-order valence-electron chi connectivity index (χ1n) is 3.94. The third-order valence-electron chi connectivity index (χ3n) is 1.79. The highest BCUT2D eigenvalue weighted by Crippen LogP contribution is 2.30. The van der Waals surface area contributed by atoms with Crippen LogP contribution in [0.25, 0.3) is 0 Å². The molecule has 1 rings (SSSR count). The van der Waals surface area contributed by atoms with E-state index in [9.17, 15) is 0 Å². The van der Waals surface area contributed by atoms with E-state index in [2.05, 4.69) is 33.4 Å². The number of phenols is 1. The van der Waals surface area contributed by atoms with Gasteiger partial charge in [-0.3, -0.25) is 0 Å². The molecule has 1 nitrogen and oxygen atoms in total. The monoisotopic (exact) mass is 182 g/mol. The molecule has 66 valence electrons. The fourth-order valence-electron chi connectivity index (χ4n) is 1.15. The Kier molecular flexibility index (Phi) is 2.38. The quantitative estimate of drug-likeness (QED) is 0.591. The highest BCUT2D eigenvalue weighted by molar-refractivity contribution is 7.80. The van der Waals surface area contributed by atoms with E-state index < -0.39 is 0 Å². The van der Waals surface area contributed by atoms with Crippen LogP contribution < -0.4 is 0 Å². The van der Waals surface area contributed by atoms with Crippen LogP contribution in [0.4, 0.5) is 0 Å². The Morgan fingerprint density at radius 1 is 1.25 bits per heavy atom. The average molecular weight is 182 g/mol. The molecule has 0 amide bonds. The first-order chi connectivity index (χ1) is 5.41. The Morgan fingerprint density at radius 3 is 2.25 bits per heavy atom. The second-order valence-corrected chi connectivity index (χ2v) is 4.43. The standard InChI is InChI=1S/C10H14OS/c1-10(2,3)8-5-4-7(11)6-9(8)12/h4-6,11-12H,1-3H3. The van der Waals surface area contributed by atoms with E-state index in [0.717, 1.165) is 10.5 Å². The lowest BCUT2D eigenvalue weighted by Gasteiger charge is -2.20. The van der Waals surface area contributed by atoms with Gasteiger partial charge in [0.05, 0.1) is 0 Å². The molecule has 0 unspecified atom stereocenters. The minimum Gasteiger partial charge on any atom is -0.508 e. The molecule has 0 aromatic heterocycles. The van der Waals surface area contributed by atoms with E-state index in [1.165, 1.54) is 0 Å².